The number of nitrogens with one attached hydrogen (secondary N) is 1. The quantitative estimate of drug-likeness (QED) is 0.871. The fourth-order valence-corrected chi connectivity index (χ4v) is 4.99. The van der Waals surface area contributed by atoms with E-state index in [-0.39, 0.29) is 22.2 Å². The molecule has 1 fully saturated rings. The summed E-state index contributed by atoms with van der Waals surface area (Å²) < 4.78 is 31.0. The number of anilines is 2. The van der Waals surface area contributed by atoms with Gasteiger partial charge in [-0.15, -0.1) is 0 Å². The van der Waals surface area contributed by atoms with Gasteiger partial charge in [0.1, 0.15) is 5.75 Å². The van der Waals surface area contributed by atoms with Crippen molar-refractivity contribution in [2.75, 3.05) is 28.5 Å². The molecule has 1 saturated heterocycles. The van der Waals surface area contributed by atoms with Crippen LogP contribution in [0.5, 0.6) is 5.75 Å². The molecule has 8 heteroatoms. The molecule has 0 saturated carbocycles. The van der Waals surface area contributed by atoms with E-state index in [1.165, 1.54) is 10.4 Å². The minimum absolute atomic E-state index is 0.119. The Labute approximate surface area is 156 Å². The first-order chi connectivity index (χ1) is 12.4. The summed E-state index contributed by atoms with van der Waals surface area (Å²) in [5.74, 6) is 0.573. The van der Waals surface area contributed by atoms with Gasteiger partial charge >= 0.3 is 0 Å². The highest BCUT2D eigenvalue weighted by atomic mass is 35.5. The van der Waals surface area contributed by atoms with Crippen LogP contribution < -0.4 is 14.4 Å². The van der Waals surface area contributed by atoms with E-state index in [9.17, 15) is 13.2 Å². The fourth-order valence-electron chi connectivity index (χ4n) is 3.23. The lowest BCUT2D eigenvalue weighted by Crippen LogP contribution is -2.25. The number of amides is 1. The van der Waals surface area contributed by atoms with Gasteiger partial charge in [-0.3, -0.25) is 9.10 Å². The Kier molecular flexibility index (Phi) is 4.28. The van der Waals surface area contributed by atoms with Crippen molar-refractivity contribution in [1.29, 1.82) is 0 Å². The average Bonchev–Trinajstić information content (AvgIpc) is 3.20. The summed E-state index contributed by atoms with van der Waals surface area (Å²) in [4.78, 5) is 12.7. The molecular weight excluding hydrogens is 376 g/mol. The maximum atomic E-state index is 12.7. The molecule has 2 heterocycles. The van der Waals surface area contributed by atoms with Crippen molar-refractivity contribution in [2.24, 2.45) is 0 Å². The number of fused-ring (bicyclic) bond motifs is 1. The van der Waals surface area contributed by atoms with Gasteiger partial charge in [-0.1, -0.05) is 11.6 Å². The molecule has 2 aromatic rings. The summed E-state index contributed by atoms with van der Waals surface area (Å²) in [6.07, 6.45) is 1.38. The Hall–Kier alpha value is -2.25. The lowest BCUT2D eigenvalue weighted by molar-refractivity contribution is 0.102. The van der Waals surface area contributed by atoms with Crippen molar-refractivity contribution >= 4 is 38.9 Å². The molecule has 1 N–H and O–H groups in total. The molecule has 0 atom stereocenters. The molecule has 2 aliphatic rings. The topological polar surface area (TPSA) is 75.7 Å². The third kappa shape index (κ3) is 3.12. The summed E-state index contributed by atoms with van der Waals surface area (Å²) in [6, 6.07) is 10.2. The Bertz CT molecular complexity index is 991. The Morgan fingerprint density at radius 2 is 2.04 bits per heavy atom. The Balaban J connectivity index is 1.60. The van der Waals surface area contributed by atoms with Crippen LogP contribution in [0.15, 0.2) is 36.4 Å². The van der Waals surface area contributed by atoms with Crippen LogP contribution in [0, 0.1) is 0 Å². The van der Waals surface area contributed by atoms with E-state index in [0.717, 1.165) is 17.7 Å². The minimum Gasteiger partial charge on any atom is -0.493 e. The first kappa shape index (κ1) is 17.2. The molecule has 0 aliphatic carbocycles. The molecule has 0 radical (unpaired) electrons. The number of halogens is 1. The number of carbonyl (C=O) groups is 1. The van der Waals surface area contributed by atoms with Crippen LogP contribution >= 0.6 is 11.6 Å². The number of carbonyl (C=O) groups excluding carboxylic acids is 1. The van der Waals surface area contributed by atoms with Gasteiger partial charge in [0.15, 0.2) is 0 Å². The molecule has 2 aliphatic heterocycles. The number of nitrogens with zero attached hydrogens (tertiary/aromatic N) is 1. The molecule has 0 spiro atoms. The molecule has 0 bridgehead atoms. The van der Waals surface area contributed by atoms with E-state index in [4.69, 9.17) is 16.3 Å². The van der Waals surface area contributed by atoms with Gasteiger partial charge in [-0.25, -0.2) is 8.42 Å². The summed E-state index contributed by atoms with van der Waals surface area (Å²) in [5, 5.41) is 3.09. The smallest absolute Gasteiger partial charge is 0.257 e. The zero-order chi connectivity index (χ0) is 18.3. The van der Waals surface area contributed by atoms with Crippen molar-refractivity contribution in [3.05, 3.63) is 52.5 Å². The Morgan fingerprint density at radius 3 is 2.81 bits per heavy atom. The predicted octanol–water partition coefficient (Wildman–Crippen LogP) is 3.07. The number of hydrogen-bond acceptors (Lipinski definition) is 4. The standard InChI is InChI=1S/C18H17ClN2O4S/c19-16-4-3-14(21-7-1-9-26(21,23)24)11-15(16)18(22)20-13-2-5-17-12(10-13)6-8-25-17/h2-5,10-11H,1,6-9H2,(H,20,22). The van der Waals surface area contributed by atoms with Crippen molar-refractivity contribution in [3.63, 3.8) is 0 Å². The van der Waals surface area contributed by atoms with E-state index in [1.54, 1.807) is 18.2 Å². The van der Waals surface area contributed by atoms with Crippen LogP contribution in [0.4, 0.5) is 11.4 Å². The van der Waals surface area contributed by atoms with Crippen LogP contribution in [0.25, 0.3) is 0 Å². The number of sulfonamides is 1. The largest absolute Gasteiger partial charge is 0.493 e. The van der Waals surface area contributed by atoms with Crippen molar-refractivity contribution in [1.82, 2.24) is 0 Å². The second kappa shape index (κ2) is 6.48. The molecule has 26 heavy (non-hydrogen) atoms. The third-order valence-electron chi connectivity index (χ3n) is 4.53. The minimum atomic E-state index is -3.32. The van der Waals surface area contributed by atoms with E-state index in [0.29, 0.717) is 30.9 Å². The van der Waals surface area contributed by atoms with E-state index in [1.807, 2.05) is 12.1 Å². The molecule has 1 amide bonds. The number of rotatable bonds is 3. The SMILES string of the molecule is O=C(Nc1ccc2c(c1)CCO2)c1cc(N2CCCS2(=O)=O)ccc1Cl. The van der Waals surface area contributed by atoms with Crippen LogP contribution in [-0.4, -0.2) is 33.2 Å². The molecule has 0 aromatic heterocycles. The predicted molar refractivity (Wildman–Crippen MR) is 101 cm³/mol. The zero-order valence-corrected chi connectivity index (χ0v) is 15.4. The molecule has 4 rings (SSSR count). The molecule has 136 valence electrons. The maximum Gasteiger partial charge on any atom is 0.257 e. The summed E-state index contributed by atoms with van der Waals surface area (Å²) in [6.45, 7) is 1.06. The highest BCUT2D eigenvalue weighted by molar-refractivity contribution is 7.93. The van der Waals surface area contributed by atoms with Crippen LogP contribution in [0.2, 0.25) is 5.02 Å². The van der Waals surface area contributed by atoms with Crippen LogP contribution in [0.3, 0.4) is 0 Å². The summed E-state index contributed by atoms with van der Waals surface area (Å²) in [7, 11) is -3.32. The maximum absolute atomic E-state index is 12.7. The van der Waals surface area contributed by atoms with E-state index >= 15 is 0 Å². The summed E-state index contributed by atoms with van der Waals surface area (Å²) >= 11 is 6.18. The molecular formula is C18H17ClN2O4S. The van der Waals surface area contributed by atoms with Crippen molar-refractivity contribution in [3.8, 4) is 5.75 Å². The lowest BCUT2D eigenvalue weighted by Gasteiger charge is -2.18. The molecule has 0 unspecified atom stereocenters. The van der Waals surface area contributed by atoms with Crippen LogP contribution in [-0.2, 0) is 16.4 Å². The van der Waals surface area contributed by atoms with Gasteiger partial charge in [0.2, 0.25) is 10.0 Å². The average molecular weight is 393 g/mol. The highest BCUT2D eigenvalue weighted by Gasteiger charge is 2.29. The monoisotopic (exact) mass is 392 g/mol. The van der Waals surface area contributed by atoms with Gasteiger partial charge in [-0.05, 0) is 48.4 Å². The summed E-state index contributed by atoms with van der Waals surface area (Å²) in [5.41, 5.74) is 2.39. The van der Waals surface area contributed by atoms with Crippen LogP contribution in [0.1, 0.15) is 22.3 Å². The van der Waals surface area contributed by atoms with E-state index < -0.39 is 10.0 Å². The Morgan fingerprint density at radius 1 is 1.19 bits per heavy atom. The number of benzene rings is 2. The van der Waals surface area contributed by atoms with Gasteiger partial charge in [0.05, 0.1) is 28.6 Å². The highest BCUT2D eigenvalue weighted by Crippen LogP contribution is 2.30. The van der Waals surface area contributed by atoms with Gasteiger partial charge in [0.25, 0.3) is 5.91 Å². The normalized spacial score (nSPS) is 17.7. The van der Waals surface area contributed by atoms with Crippen molar-refractivity contribution < 1.29 is 17.9 Å². The fraction of sp³-hybridized carbons (Fsp3) is 0.278. The molecule has 2 aromatic carbocycles. The van der Waals surface area contributed by atoms with Gasteiger partial charge in [-0.2, -0.15) is 0 Å². The zero-order valence-electron chi connectivity index (χ0n) is 13.9. The number of hydrogen-bond donors (Lipinski definition) is 1. The first-order valence-corrected chi connectivity index (χ1v) is 10.3. The second-order valence-electron chi connectivity index (χ2n) is 6.28. The first-order valence-electron chi connectivity index (χ1n) is 8.31. The van der Waals surface area contributed by atoms with Gasteiger partial charge in [0, 0.05) is 18.7 Å². The lowest BCUT2D eigenvalue weighted by atomic mass is 10.1. The van der Waals surface area contributed by atoms with Crippen molar-refractivity contribution in [2.45, 2.75) is 12.8 Å². The second-order valence-corrected chi connectivity index (χ2v) is 8.70. The molecule has 6 nitrogen and oxygen atoms in total. The number of ether oxygens (including phenoxy) is 1. The van der Waals surface area contributed by atoms with Gasteiger partial charge < -0.3 is 10.1 Å². The van der Waals surface area contributed by atoms with E-state index in [2.05, 4.69) is 5.32 Å². The third-order valence-corrected chi connectivity index (χ3v) is 6.73.